The number of nitrogens with zero attached hydrogens (tertiary/aromatic N) is 2. The van der Waals surface area contributed by atoms with Crippen LogP contribution in [0.2, 0.25) is 0 Å². The second-order valence-corrected chi connectivity index (χ2v) is 6.65. The third-order valence-electron chi connectivity index (χ3n) is 4.80. The second kappa shape index (κ2) is 6.18. The number of nitrogens with one attached hydrogen (secondary N) is 1. The molecular weight excluding hydrogens is 294 g/mol. The molecule has 3 rings (SSSR count). The van der Waals surface area contributed by atoms with Gasteiger partial charge in [0.1, 0.15) is 5.56 Å². The molecule has 2 heterocycles. The Morgan fingerprint density at radius 1 is 1.17 bits per heavy atom. The zero-order valence-corrected chi connectivity index (χ0v) is 13.7. The molecule has 0 unspecified atom stereocenters. The Balaban J connectivity index is 1.58. The number of hydrogen-bond acceptors (Lipinski definition) is 3. The summed E-state index contributed by atoms with van der Waals surface area (Å²) in [5.74, 6) is 0.191. The number of aryl methyl sites for hydroxylation is 2. The van der Waals surface area contributed by atoms with Gasteiger partial charge in [0, 0.05) is 50.1 Å². The van der Waals surface area contributed by atoms with Crippen molar-refractivity contribution in [1.29, 1.82) is 0 Å². The van der Waals surface area contributed by atoms with Crippen LogP contribution in [0.15, 0.2) is 17.1 Å². The fourth-order valence-corrected chi connectivity index (χ4v) is 2.99. The van der Waals surface area contributed by atoms with E-state index in [1.54, 1.807) is 10.8 Å². The summed E-state index contributed by atoms with van der Waals surface area (Å²) < 4.78 is 1.77. The third-order valence-corrected chi connectivity index (χ3v) is 4.80. The highest BCUT2D eigenvalue weighted by molar-refractivity contribution is 5.94. The summed E-state index contributed by atoms with van der Waals surface area (Å²) in [7, 11) is 1.81. The molecule has 2 fully saturated rings. The van der Waals surface area contributed by atoms with Crippen molar-refractivity contribution in [2.45, 2.75) is 38.6 Å². The number of likely N-dealkylation sites (tertiary alicyclic amines) is 1. The molecule has 0 aromatic carbocycles. The summed E-state index contributed by atoms with van der Waals surface area (Å²) in [6.45, 7) is 3.20. The molecule has 1 aliphatic carbocycles. The van der Waals surface area contributed by atoms with Gasteiger partial charge in [-0.2, -0.15) is 0 Å². The largest absolute Gasteiger partial charge is 0.354 e. The molecule has 1 saturated heterocycles. The minimum Gasteiger partial charge on any atom is -0.354 e. The van der Waals surface area contributed by atoms with Gasteiger partial charge in [-0.05, 0) is 32.6 Å². The number of carbonyl (C=O) groups excluding carboxylic acids is 2. The molecular formula is C17H23N3O3. The Morgan fingerprint density at radius 2 is 1.83 bits per heavy atom. The van der Waals surface area contributed by atoms with Crippen LogP contribution in [-0.2, 0) is 11.8 Å². The zero-order chi connectivity index (χ0) is 16.6. The first-order valence-corrected chi connectivity index (χ1v) is 8.22. The predicted molar refractivity (Wildman–Crippen MR) is 86.2 cm³/mol. The van der Waals surface area contributed by atoms with Gasteiger partial charge >= 0.3 is 0 Å². The maximum Gasteiger partial charge on any atom is 0.256 e. The van der Waals surface area contributed by atoms with E-state index < -0.39 is 0 Å². The van der Waals surface area contributed by atoms with Crippen molar-refractivity contribution in [3.63, 3.8) is 0 Å². The van der Waals surface area contributed by atoms with Gasteiger partial charge in [0.15, 0.2) is 5.43 Å². The molecule has 1 aliphatic heterocycles. The van der Waals surface area contributed by atoms with Crippen LogP contribution in [0.1, 0.15) is 41.7 Å². The first kappa shape index (κ1) is 15.8. The Labute approximate surface area is 135 Å². The summed E-state index contributed by atoms with van der Waals surface area (Å²) >= 11 is 0. The Hall–Kier alpha value is -2.11. The van der Waals surface area contributed by atoms with Gasteiger partial charge in [-0.1, -0.05) is 0 Å². The summed E-state index contributed by atoms with van der Waals surface area (Å²) in [5, 5.41) is 2.94. The molecule has 2 amide bonds. The molecule has 6 nitrogen and oxygen atoms in total. The average molecular weight is 317 g/mol. The molecule has 1 aromatic rings. The molecule has 0 bridgehead atoms. The van der Waals surface area contributed by atoms with Gasteiger partial charge in [0.05, 0.1) is 0 Å². The van der Waals surface area contributed by atoms with Gasteiger partial charge in [0.25, 0.3) is 5.91 Å². The lowest BCUT2D eigenvalue weighted by atomic mass is 10.0. The molecule has 0 radical (unpaired) electrons. The van der Waals surface area contributed by atoms with Crippen LogP contribution in [0.4, 0.5) is 0 Å². The predicted octanol–water partition coefficient (Wildman–Crippen LogP) is 0.825. The van der Waals surface area contributed by atoms with Gasteiger partial charge in [-0.15, -0.1) is 0 Å². The number of carbonyl (C=O) groups is 2. The fraction of sp³-hybridized carbons (Fsp3) is 0.588. The van der Waals surface area contributed by atoms with Crippen molar-refractivity contribution in [1.82, 2.24) is 14.8 Å². The molecule has 0 spiro atoms. The first-order chi connectivity index (χ1) is 11.0. The van der Waals surface area contributed by atoms with Crippen LogP contribution in [0.3, 0.4) is 0 Å². The van der Waals surface area contributed by atoms with Crippen molar-refractivity contribution < 1.29 is 9.59 Å². The lowest BCUT2D eigenvalue weighted by molar-refractivity contribution is -0.133. The van der Waals surface area contributed by atoms with E-state index in [2.05, 4.69) is 5.32 Å². The third kappa shape index (κ3) is 3.46. The fourth-order valence-electron chi connectivity index (χ4n) is 2.99. The smallest absolute Gasteiger partial charge is 0.256 e. The Morgan fingerprint density at radius 3 is 2.43 bits per heavy atom. The number of amides is 2. The molecule has 6 heteroatoms. The van der Waals surface area contributed by atoms with Crippen LogP contribution in [0.5, 0.6) is 0 Å². The summed E-state index contributed by atoms with van der Waals surface area (Å²) in [6.07, 6.45) is 5.12. The highest BCUT2D eigenvalue weighted by atomic mass is 16.2. The van der Waals surface area contributed by atoms with Crippen LogP contribution < -0.4 is 10.7 Å². The molecule has 124 valence electrons. The number of piperidine rings is 1. The van der Waals surface area contributed by atoms with E-state index in [1.807, 2.05) is 18.9 Å². The topological polar surface area (TPSA) is 71.4 Å². The Kier molecular flexibility index (Phi) is 4.24. The highest BCUT2D eigenvalue weighted by Crippen LogP contribution is 2.31. The van der Waals surface area contributed by atoms with E-state index in [0.717, 1.165) is 31.4 Å². The van der Waals surface area contributed by atoms with Crippen molar-refractivity contribution in [2.75, 3.05) is 13.1 Å². The molecule has 23 heavy (non-hydrogen) atoms. The minimum absolute atomic E-state index is 0.0248. The number of aromatic nitrogens is 1. The quantitative estimate of drug-likeness (QED) is 0.897. The van der Waals surface area contributed by atoms with E-state index in [9.17, 15) is 14.4 Å². The van der Waals surface area contributed by atoms with E-state index in [4.69, 9.17) is 0 Å². The van der Waals surface area contributed by atoms with Crippen molar-refractivity contribution in [3.8, 4) is 0 Å². The van der Waals surface area contributed by atoms with Gasteiger partial charge < -0.3 is 14.8 Å². The molecule has 2 aliphatic rings. The number of hydrogen-bond donors (Lipinski definition) is 1. The first-order valence-electron chi connectivity index (χ1n) is 8.22. The summed E-state index contributed by atoms with van der Waals surface area (Å²) in [6, 6.07) is 1.50. The average Bonchev–Trinajstić information content (AvgIpc) is 3.35. The molecule has 1 saturated carbocycles. The van der Waals surface area contributed by atoms with E-state index >= 15 is 0 Å². The Bertz CT molecular complexity index is 683. The lowest BCUT2D eigenvalue weighted by Crippen LogP contribution is -2.47. The lowest BCUT2D eigenvalue weighted by Gasteiger charge is -2.32. The molecule has 0 atom stereocenters. The van der Waals surface area contributed by atoms with Crippen molar-refractivity contribution in [2.24, 2.45) is 13.0 Å². The van der Waals surface area contributed by atoms with E-state index in [1.165, 1.54) is 6.07 Å². The van der Waals surface area contributed by atoms with E-state index in [0.29, 0.717) is 13.1 Å². The zero-order valence-electron chi connectivity index (χ0n) is 13.7. The molecule has 1 aromatic heterocycles. The van der Waals surface area contributed by atoms with Crippen molar-refractivity contribution in [3.05, 3.63) is 33.7 Å². The standard InChI is InChI=1S/C17H23N3O3/c1-11-9-15(21)14(10-19(11)2)16(22)18-13-5-7-20(8-6-13)17(23)12-3-4-12/h9-10,12-13H,3-8H2,1-2H3,(H,18,22). The van der Waals surface area contributed by atoms with Crippen LogP contribution in [0.25, 0.3) is 0 Å². The van der Waals surface area contributed by atoms with E-state index in [-0.39, 0.29) is 34.8 Å². The maximum absolute atomic E-state index is 12.3. The second-order valence-electron chi connectivity index (χ2n) is 6.65. The van der Waals surface area contributed by atoms with Crippen molar-refractivity contribution >= 4 is 11.8 Å². The minimum atomic E-state index is -0.322. The van der Waals surface area contributed by atoms with Crippen LogP contribution in [0, 0.1) is 12.8 Å². The molecule has 1 N–H and O–H groups in total. The number of rotatable bonds is 3. The van der Waals surface area contributed by atoms with Crippen LogP contribution >= 0.6 is 0 Å². The van der Waals surface area contributed by atoms with Gasteiger partial charge in [-0.3, -0.25) is 14.4 Å². The van der Waals surface area contributed by atoms with Gasteiger partial charge in [0.2, 0.25) is 5.91 Å². The normalized spacial score (nSPS) is 18.8. The summed E-state index contributed by atoms with van der Waals surface area (Å²) in [5.41, 5.74) is 0.743. The SMILES string of the molecule is Cc1cc(=O)c(C(=O)NC2CCN(C(=O)C3CC3)CC2)cn1C. The van der Waals surface area contributed by atoms with Gasteiger partial charge in [-0.25, -0.2) is 0 Å². The number of pyridine rings is 1. The van der Waals surface area contributed by atoms with Crippen LogP contribution in [-0.4, -0.2) is 40.4 Å². The maximum atomic E-state index is 12.3. The highest BCUT2D eigenvalue weighted by Gasteiger charge is 2.35. The summed E-state index contributed by atoms with van der Waals surface area (Å²) in [4.78, 5) is 38.2. The monoisotopic (exact) mass is 317 g/mol.